The first-order chi connectivity index (χ1) is 10.2. The number of fused-ring (bicyclic) bond motifs is 1. The number of aliphatic hydroxyl groups excluding tert-OH is 1. The van der Waals surface area contributed by atoms with Gasteiger partial charge >= 0.3 is 0 Å². The van der Waals surface area contributed by atoms with E-state index in [9.17, 15) is 5.11 Å². The Balaban J connectivity index is 1.71. The van der Waals surface area contributed by atoms with Gasteiger partial charge in [0.15, 0.2) is 6.29 Å². The van der Waals surface area contributed by atoms with Crippen molar-refractivity contribution in [3.8, 4) is 0 Å². The molecule has 6 heteroatoms. The highest BCUT2D eigenvalue weighted by molar-refractivity contribution is 8.00. The molecule has 0 aromatic heterocycles. The number of hydrogen-bond acceptors (Lipinski definition) is 6. The van der Waals surface area contributed by atoms with Crippen LogP contribution < -0.4 is 0 Å². The third-order valence-electron chi connectivity index (χ3n) is 3.74. The van der Waals surface area contributed by atoms with Gasteiger partial charge in [-0.1, -0.05) is 37.3 Å². The van der Waals surface area contributed by atoms with Crippen molar-refractivity contribution in [2.75, 3.05) is 12.4 Å². The summed E-state index contributed by atoms with van der Waals surface area (Å²) < 4.78 is 17.7. The monoisotopic (exact) mass is 328 g/mol. The van der Waals surface area contributed by atoms with Crippen LogP contribution in [0.15, 0.2) is 30.3 Å². The van der Waals surface area contributed by atoms with Gasteiger partial charge in [0.05, 0.1) is 18.0 Å². The Kier molecular flexibility index (Phi) is 5.14. The van der Waals surface area contributed by atoms with Crippen LogP contribution >= 0.6 is 24.4 Å². The van der Waals surface area contributed by atoms with Crippen molar-refractivity contribution in [2.45, 2.75) is 42.2 Å². The predicted octanol–water partition coefficient (Wildman–Crippen LogP) is 2.24. The second-order valence-electron chi connectivity index (χ2n) is 5.16. The summed E-state index contributed by atoms with van der Waals surface area (Å²) in [5.41, 5.74) is 0.818. The summed E-state index contributed by atoms with van der Waals surface area (Å²) in [6.07, 6.45) is -1.76. The molecule has 2 aliphatic rings. The zero-order chi connectivity index (χ0) is 14.8. The van der Waals surface area contributed by atoms with E-state index in [-0.39, 0.29) is 16.8 Å². The van der Waals surface area contributed by atoms with Crippen molar-refractivity contribution >= 4 is 24.4 Å². The SMILES string of the molecule is CCS[C@@H]1O[C@@H]2COC(c3ccccc3)O[C@@H]2[C@H](O)[C@H]1S. The average molecular weight is 328 g/mol. The second kappa shape index (κ2) is 6.89. The van der Waals surface area contributed by atoms with E-state index in [2.05, 4.69) is 19.6 Å². The van der Waals surface area contributed by atoms with Crippen LogP contribution in [-0.4, -0.2) is 46.5 Å². The van der Waals surface area contributed by atoms with Crippen molar-refractivity contribution in [3.63, 3.8) is 0 Å². The van der Waals surface area contributed by atoms with Crippen molar-refractivity contribution in [1.29, 1.82) is 0 Å². The lowest BCUT2D eigenvalue weighted by molar-refractivity contribution is -0.300. The van der Waals surface area contributed by atoms with E-state index >= 15 is 0 Å². The normalized spacial score (nSPS) is 39.8. The molecule has 116 valence electrons. The molecule has 1 N–H and O–H groups in total. The third-order valence-corrected chi connectivity index (χ3v) is 5.58. The van der Waals surface area contributed by atoms with Crippen LogP contribution in [0.4, 0.5) is 0 Å². The molecule has 2 aliphatic heterocycles. The summed E-state index contributed by atoms with van der Waals surface area (Å²) in [7, 11) is 0. The van der Waals surface area contributed by atoms with Crippen molar-refractivity contribution in [2.24, 2.45) is 0 Å². The van der Waals surface area contributed by atoms with Crippen LogP contribution in [-0.2, 0) is 14.2 Å². The molecular weight excluding hydrogens is 308 g/mol. The van der Waals surface area contributed by atoms with Crippen molar-refractivity contribution in [3.05, 3.63) is 35.9 Å². The lowest BCUT2D eigenvalue weighted by Gasteiger charge is -2.46. The third kappa shape index (κ3) is 3.25. The maximum Gasteiger partial charge on any atom is 0.184 e. The molecule has 0 spiro atoms. The van der Waals surface area contributed by atoms with Gasteiger partial charge in [-0.3, -0.25) is 0 Å². The van der Waals surface area contributed by atoms with E-state index in [0.29, 0.717) is 6.61 Å². The Hall–Kier alpha value is -0.240. The maximum atomic E-state index is 10.5. The molecular formula is C15H20O4S2. The van der Waals surface area contributed by atoms with Gasteiger partial charge in [-0.25, -0.2) is 0 Å². The molecule has 1 aromatic carbocycles. The lowest BCUT2D eigenvalue weighted by atomic mass is 10.0. The molecule has 0 radical (unpaired) electrons. The highest BCUT2D eigenvalue weighted by atomic mass is 32.2. The Morgan fingerprint density at radius 1 is 1.29 bits per heavy atom. The van der Waals surface area contributed by atoms with Gasteiger partial charge in [-0.15, -0.1) is 11.8 Å². The fraction of sp³-hybridized carbons (Fsp3) is 0.600. The fourth-order valence-corrected chi connectivity index (χ4v) is 4.07. The van der Waals surface area contributed by atoms with E-state index < -0.39 is 18.5 Å². The van der Waals surface area contributed by atoms with Gasteiger partial charge in [-0.2, -0.15) is 12.6 Å². The smallest absolute Gasteiger partial charge is 0.184 e. The van der Waals surface area contributed by atoms with Gasteiger partial charge in [-0.05, 0) is 5.75 Å². The number of rotatable bonds is 3. The minimum absolute atomic E-state index is 0.130. The highest BCUT2D eigenvalue weighted by Crippen LogP contribution is 2.38. The van der Waals surface area contributed by atoms with Crippen molar-refractivity contribution < 1.29 is 19.3 Å². The van der Waals surface area contributed by atoms with Gasteiger partial charge in [0.1, 0.15) is 17.6 Å². The lowest BCUT2D eigenvalue weighted by Crippen LogP contribution is -2.59. The van der Waals surface area contributed by atoms with E-state index in [1.807, 2.05) is 30.3 Å². The van der Waals surface area contributed by atoms with Crippen LogP contribution in [0.3, 0.4) is 0 Å². The van der Waals surface area contributed by atoms with Gasteiger partial charge in [0.25, 0.3) is 0 Å². The Bertz CT molecular complexity index is 456. The molecule has 0 amide bonds. The number of ether oxygens (including phenoxy) is 3. The molecule has 2 heterocycles. The number of benzene rings is 1. The number of aliphatic hydroxyl groups is 1. The predicted molar refractivity (Wildman–Crippen MR) is 85.6 cm³/mol. The largest absolute Gasteiger partial charge is 0.389 e. The molecule has 1 unspecified atom stereocenters. The standard InChI is InChI=1S/C15H20O4S2/c1-2-21-15-13(20)11(16)12-10(18-15)8-17-14(19-12)9-6-4-3-5-7-9/h3-7,10-16,20H,2,8H2,1H3/t10-,11+,12+,13-,14?,15+/m1/s1. The Labute approximate surface area is 134 Å². The van der Waals surface area contributed by atoms with Crippen LogP contribution in [0, 0.1) is 0 Å². The number of thiol groups is 1. The van der Waals surface area contributed by atoms with E-state index in [1.54, 1.807) is 11.8 Å². The first-order valence-corrected chi connectivity index (χ1v) is 8.72. The van der Waals surface area contributed by atoms with E-state index in [4.69, 9.17) is 14.2 Å². The van der Waals surface area contributed by atoms with Crippen LogP contribution in [0.25, 0.3) is 0 Å². The second-order valence-corrected chi connectivity index (χ2v) is 7.13. The van der Waals surface area contributed by atoms with E-state index in [0.717, 1.165) is 11.3 Å². The molecule has 0 bridgehead atoms. The molecule has 2 fully saturated rings. The Morgan fingerprint density at radius 3 is 2.76 bits per heavy atom. The van der Waals surface area contributed by atoms with Crippen LogP contribution in [0.2, 0.25) is 0 Å². The summed E-state index contributed by atoms with van der Waals surface area (Å²) in [5.74, 6) is 0.917. The summed E-state index contributed by atoms with van der Waals surface area (Å²) in [6.45, 7) is 2.48. The molecule has 21 heavy (non-hydrogen) atoms. The Morgan fingerprint density at radius 2 is 2.05 bits per heavy atom. The zero-order valence-corrected chi connectivity index (χ0v) is 13.5. The first-order valence-electron chi connectivity index (χ1n) is 7.16. The maximum absolute atomic E-state index is 10.5. The molecule has 4 nitrogen and oxygen atoms in total. The molecule has 0 saturated carbocycles. The average Bonchev–Trinajstić information content (AvgIpc) is 2.53. The summed E-state index contributed by atoms with van der Waals surface area (Å²) >= 11 is 6.15. The minimum Gasteiger partial charge on any atom is -0.389 e. The summed E-state index contributed by atoms with van der Waals surface area (Å²) in [5, 5.41) is 10.2. The fourth-order valence-electron chi connectivity index (χ4n) is 2.66. The van der Waals surface area contributed by atoms with Crippen LogP contribution in [0.1, 0.15) is 18.8 Å². The van der Waals surface area contributed by atoms with Gasteiger partial charge in [0, 0.05) is 5.56 Å². The number of thioether (sulfide) groups is 1. The number of hydrogen-bond donors (Lipinski definition) is 2. The summed E-state index contributed by atoms with van der Waals surface area (Å²) in [6, 6.07) is 9.74. The van der Waals surface area contributed by atoms with Crippen molar-refractivity contribution in [1.82, 2.24) is 0 Å². The highest BCUT2D eigenvalue weighted by Gasteiger charge is 2.48. The first kappa shape index (κ1) is 15.6. The van der Waals surface area contributed by atoms with Crippen LogP contribution in [0.5, 0.6) is 0 Å². The topological polar surface area (TPSA) is 47.9 Å². The van der Waals surface area contributed by atoms with Gasteiger partial charge in [0.2, 0.25) is 0 Å². The molecule has 2 saturated heterocycles. The molecule has 6 atom stereocenters. The minimum atomic E-state index is -0.661. The van der Waals surface area contributed by atoms with Gasteiger partial charge < -0.3 is 19.3 Å². The zero-order valence-electron chi connectivity index (χ0n) is 11.8. The summed E-state index contributed by atoms with van der Waals surface area (Å²) in [4.78, 5) is 0. The quantitative estimate of drug-likeness (QED) is 0.834. The van der Waals surface area contributed by atoms with E-state index in [1.165, 1.54) is 0 Å². The molecule has 1 aromatic rings. The molecule has 3 rings (SSSR count). The molecule has 0 aliphatic carbocycles.